The van der Waals surface area contributed by atoms with Crippen LogP contribution in [0.15, 0.2) is 41.3 Å². The molecule has 9 heteroatoms. The van der Waals surface area contributed by atoms with Crippen molar-refractivity contribution in [3.05, 3.63) is 52.6 Å². The second kappa shape index (κ2) is 8.79. The largest absolute Gasteiger partial charge is 0.354 e. The maximum atomic E-state index is 12.8. The number of nitrogens with two attached hydrogens (primary N) is 1. The molecular formula is C25H35N7O2. The van der Waals surface area contributed by atoms with Gasteiger partial charge >= 0.3 is 5.69 Å². The van der Waals surface area contributed by atoms with E-state index < -0.39 is 5.54 Å². The number of amides is 1. The van der Waals surface area contributed by atoms with Crippen molar-refractivity contribution in [2.75, 3.05) is 63.8 Å². The highest BCUT2D eigenvalue weighted by molar-refractivity contribution is 5.85. The first-order chi connectivity index (χ1) is 16.2. The third-order valence-corrected chi connectivity index (χ3v) is 7.28. The van der Waals surface area contributed by atoms with Gasteiger partial charge in [0.25, 0.3) is 0 Å². The molecule has 0 atom stereocenters. The number of nitrogens with zero attached hydrogens (tertiary/aromatic N) is 5. The molecule has 182 valence electrons. The molecule has 1 spiro atoms. The number of carbonyl (C=O) groups excluding carboxylic acids is 1. The summed E-state index contributed by atoms with van der Waals surface area (Å²) in [4.78, 5) is 35.8. The minimum atomic E-state index is -0.873. The van der Waals surface area contributed by atoms with Crippen molar-refractivity contribution in [1.82, 2.24) is 24.7 Å². The van der Waals surface area contributed by atoms with Crippen LogP contribution in [0.5, 0.6) is 0 Å². The van der Waals surface area contributed by atoms with Crippen LogP contribution in [0.2, 0.25) is 0 Å². The number of carbonyl (C=O) groups is 1. The Labute approximate surface area is 200 Å². The van der Waals surface area contributed by atoms with Gasteiger partial charge in [-0.2, -0.15) is 4.98 Å². The zero-order valence-corrected chi connectivity index (χ0v) is 20.2. The Balaban J connectivity index is 1.16. The molecule has 0 unspecified atom stereocenters. The van der Waals surface area contributed by atoms with Crippen molar-refractivity contribution in [2.45, 2.75) is 25.8 Å². The number of rotatable bonds is 6. The molecule has 5 rings (SSSR count). The van der Waals surface area contributed by atoms with E-state index in [2.05, 4.69) is 27.3 Å². The van der Waals surface area contributed by atoms with E-state index in [9.17, 15) is 9.59 Å². The first-order valence-corrected chi connectivity index (χ1v) is 12.2. The van der Waals surface area contributed by atoms with Gasteiger partial charge in [-0.1, -0.05) is 12.1 Å². The summed E-state index contributed by atoms with van der Waals surface area (Å²) in [6.07, 6.45) is 2.80. The van der Waals surface area contributed by atoms with Gasteiger partial charge in [0.15, 0.2) is 0 Å². The molecule has 0 bridgehead atoms. The number of hydrogen-bond acceptors (Lipinski definition) is 7. The van der Waals surface area contributed by atoms with Crippen molar-refractivity contribution in [3.8, 4) is 5.69 Å². The molecule has 3 N–H and O–H groups in total. The van der Waals surface area contributed by atoms with Gasteiger partial charge in [-0.3, -0.25) is 9.36 Å². The van der Waals surface area contributed by atoms with Gasteiger partial charge in [0.2, 0.25) is 5.91 Å². The van der Waals surface area contributed by atoms with Gasteiger partial charge in [0.1, 0.15) is 5.82 Å². The van der Waals surface area contributed by atoms with Gasteiger partial charge in [-0.05, 0) is 44.0 Å². The molecule has 3 saturated heterocycles. The molecular weight excluding hydrogens is 430 g/mol. The van der Waals surface area contributed by atoms with Crippen molar-refractivity contribution >= 4 is 11.7 Å². The summed E-state index contributed by atoms with van der Waals surface area (Å²) in [5.41, 5.74) is 7.44. The predicted molar refractivity (Wildman–Crippen MR) is 132 cm³/mol. The Morgan fingerprint density at radius 1 is 1.09 bits per heavy atom. The van der Waals surface area contributed by atoms with Crippen LogP contribution >= 0.6 is 0 Å². The van der Waals surface area contributed by atoms with E-state index in [1.54, 1.807) is 29.5 Å². The van der Waals surface area contributed by atoms with Crippen molar-refractivity contribution in [2.24, 2.45) is 11.1 Å². The Hall–Kier alpha value is -2.75. The quantitative estimate of drug-likeness (QED) is 0.623. The monoisotopic (exact) mass is 465 g/mol. The number of likely N-dealkylation sites (tertiary alicyclic amines) is 1. The predicted octanol–water partition coefficient (Wildman–Crippen LogP) is 0.0661. The molecule has 2 aromatic rings. The molecule has 1 aromatic carbocycles. The van der Waals surface area contributed by atoms with Crippen molar-refractivity contribution in [3.63, 3.8) is 0 Å². The SMILES string of the molecule is CC(C)(N)C(=O)N1CCN(c2ccn(-c3ccc(CCN4CC5(CNC5)C4)cc3)c(=O)n2)CC1. The van der Waals surface area contributed by atoms with E-state index in [0.29, 0.717) is 37.4 Å². The van der Waals surface area contributed by atoms with Crippen LogP contribution < -0.4 is 21.6 Å². The fourth-order valence-electron chi connectivity index (χ4n) is 5.19. The number of piperazine rings is 1. The summed E-state index contributed by atoms with van der Waals surface area (Å²) in [5, 5.41) is 3.38. The van der Waals surface area contributed by atoms with E-state index >= 15 is 0 Å². The Bertz CT molecular complexity index is 1090. The topological polar surface area (TPSA) is 99.7 Å². The maximum Gasteiger partial charge on any atom is 0.354 e. The molecule has 0 aliphatic carbocycles. The average molecular weight is 466 g/mol. The lowest BCUT2D eigenvalue weighted by Crippen LogP contribution is -2.71. The molecule has 34 heavy (non-hydrogen) atoms. The van der Waals surface area contributed by atoms with Gasteiger partial charge in [0.05, 0.1) is 11.2 Å². The smallest absolute Gasteiger partial charge is 0.353 e. The summed E-state index contributed by atoms with van der Waals surface area (Å²) in [7, 11) is 0. The highest BCUT2D eigenvalue weighted by Gasteiger charge is 2.46. The molecule has 0 saturated carbocycles. The van der Waals surface area contributed by atoms with Crippen LogP contribution in [0.1, 0.15) is 19.4 Å². The lowest BCUT2D eigenvalue weighted by molar-refractivity contribution is -0.136. The zero-order chi connectivity index (χ0) is 23.9. The third-order valence-electron chi connectivity index (χ3n) is 7.28. The van der Waals surface area contributed by atoms with Crippen LogP contribution in [-0.2, 0) is 11.2 Å². The Morgan fingerprint density at radius 3 is 2.32 bits per heavy atom. The summed E-state index contributed by atoms with van der Waals surface area (Å²) in [6.45, 7) is 11.7. The van der Waals surface area contributed by atoms with Gasteiger partial charge in [-0.25, -0.2) is 4.79 Å². The molecule has 9 nitrogen and oxygen atoms in total. The number of aromatic nitrogens is 2. The minimum absolute atomic E-state index is 0.0524. The highest BCUT2D eigenvalue weighted by Crippen LogP contribution is 2.33. The number of anilines is 1. The number of nitrogens with one attached hydrogen (secondary N) is 1. The standard InChI is InChI=1S/C25H35N7O2/c1-24(2,26)22(33)31-13-11-30(12-14-31)21-8-10-32(23(34)28-21)20-5-3-19(4-6-20)7-9-29-17-25(18-29)15-27-16-25/h3-6,8,10,27H,7,9,11-18,26H2,1-2H3. The number of benzene rings is 1. The highest BCUT2D eigenvalue weighted by atomic mass is 16.2. The molecule has 1 amide bonds. The Morgan fingerprint density at radius 2 is 1.76 bits per heavy atom. The van der Waals surface area contributed by atoms with Crippen LogP contribution in [0, 0.1) is 5.41 Å². The molecule has 1 aromatic heterocycles. The summed E-state index contributed by atoms with van der Waals surface area (Å²) < 4.78 is 1.58. The third kappa shape index (κ3) is 4.60. The Kier molecular flexibility index (Phi) is 5.95. The van der Waals surface area contributed by atoms with Gasteiger partial charge in [-0.15, -0.1) is 0 Å². The van der Waals surface area contributed by atoms with Crippen molar-refractivity contribution < 1.29 is 4.79 Å². The second-order valence-electron chi connectivity index (χ2n) is 10.7. The molecule has 4 heterocycles. The van der Waals surface area contributed by atoms with Crippen LogP contribution in [0.4, 0.5) is 5.82 Å². The summed E-state index contributed by atoms with van der Waals surface area (Å²) in [6, 6.07) is 10.1. The van der Waals surface area contributed by atoms with Crippen LogP contribution in [0.25, 0.3) is 5.69 Å². The molecule has 0 radical (unpaired) electrons. The van der Waals surface area contributed by atoms with E-state index in [-0.39, 0.29) is 11.6 Å². The lowest BCUT2D eigenvalue weighted by atomic mass is 9.74. The normalized spacial score (nSPS) is 20.2. The van der Waals surface area contributed by atoms with Gasteiger partial charge in [0, 0.05) is 70.5 Å². The van der Waals surface area contributed by atoms with E-state index in [0.717, 1.165) is 18.7 Å². The van der Waals surface area contributed by atoms with Crippen LogP contribution in [-0.4, -0.2) is 89.7 Å². The van der Waals surface area contributed by atoms with Crippen molar-refractivity contribution in [1.29, 1.82) is 0 Å². The molecule has 3 aliphatic rings. The minimum Gasteiger partial charge on any atom is -0.353 e. The number of hydrogen-bond donors (Lipinski definition) is 2. The van der Waals surface area contributed by atoms with Crippen LogP contribution in [0.3, 0.4) is 0 Å². The van der Waals surface area contributed by atoms with E-state index in [1.807, 2.05) is 23.1 Å². The van der Waals surface area contributed by atoms with E-state index in [1.165, 1.54) is 31.7 Å². The fourth-order valence-corrected chi connectivity index (χ4v) is 5.19. The molecule has 3 aliphatic heterocycles. The molecule has 3 fully saturated rings. The zero-order valence-electron chi connectivity index (χ0n) is 20.2. The average Bonchev–Trinajstić information content (AvgIpc) is 2.76. The fraction of sp³-hybridized carbons (Fsp3) is 0.560. The van der Waals surface area contributed by atoms with E-state index in [4.69, 9.17) is 5.73 Å². The first kappa shape index (κ1) is 23.0. The first-order valence-electron chi connectivity index (χ1n) is 12.2. The van der Waals surface area contributed by atoms with Gasteiger partial charge < -0.3 is 25.8 Å². The lowest BCUT2D eigenvalue weighted by Gasteiger charge is -2.56. The summed E-state index contributed by atoms with van der Waals surface area (Å²) in [5.74, 6) is 0.592. The second-order valence-corrected chi connectivity index (χ2v) is 10.7. The maximum absolute atomic E-state index is 12.8. The summed E-state index contributed by atoms with van der Waals surface area (Å²) >= 11 is 0.